The molecule has 0 bridgehead atoms. The van der Waals surface area contributed by atoms with Crippen LogP contribution in [0.4, 0.5) is 5.69 Å². The molecule has 3 nitrogen and oxygen atoms in total. The molecule has 2 aromatic rings. The van der Waals surface area contributed by atoms with Gasteiger partial charge >= 0.3 is 0 Å². The molecular weight excluding hydrogens is 328 g/mol. The van der Waals surface area contributed by atoms with Crippen molar-refractivity contribution in [3.63, 3.8) is 0 Å². The number of ether oxygens (including phenoxy) is 1. The zero-order chi connectivity index (χ0) is 14.9. The van der Waals surface area contributed by atoms with Crippen molar-refractivity contribution in [2.24, 2.45) is 0 Å². The monoisotopic (exact) mass is 344 g/mol. The summed E-state index contributed by atoms with van der Waals surface area (Å²) in [6, 6.07) is 18.2. The highest BCUT2D eigenvalue weighted by Gasteiger charge is 1.98. The van der Waals surface area contributed by atoms with Crippen molar-refractivity contribution >= 4 is 21.6 Å². The third-order valence-electron chi connectivity index (χ3n) is 2.95. The summed E-state index contributed by atoms with van der Waals surface area (Å²) in [7, 11) is 0. The molecule has 0 heterocycles. The van der Waals surface area contributed by atoms with E-state index >= 15 is 0 Å². The summed E-state index contributed by atoms with van der Waals surface area (Å²) in [4.78, 5) is 0. The second-order valence-electron chi connectivity index (χ2n) is 4.62. The van der Waals surface area contributed by atoms with E-state index in [1.54, 1.807) is 0 Å². The van der Waals surface area contributed by atoms with Crippen LogP contribution in [0.5, 0.6) is 5.75 Å². The summed E-state index contributed by atoms with van der Waals surface area (Å²) >= 11 is 3.43. The molecule has 2 rings (SSSR count). The Kier molecular flexibility index (Phi) is 6.11. The molecule has 4 heteroatoms. The van der Waals surface area contributed by atoms with Crippen molar-refractivity contribution in [2.75, 3.05) is 11.9 Å². The predicted molar refractivity (Wildman–Crippen MR) is 88.3 cm³/mol. The van der Waals surface area contributed by atoms with Gasteiger partial charge < -0.3 is 10.1 Å². The first-order valence-electron chi connectivity index (χ1n) is 6.86. The fourth-order valence-corrected chi connectivity index (χ4v) is 2.11. The lowest BCUT2D eigenvalue weighted by molar-refractivity contribution is 0.313. The summed E-state index contributed by atoms with van der Waals surface area (Å²) in [6.07, 6.45) is 1.29. The Morgan fingerprint density at radius 2 is 1.95 bits per heavy atom. The molecular formula is C17H17BrN2O. The molecule has 0 unspecified atom stereocenters. The molecule has 108 valence electrons. The number of benzene rings is 2. The van der Waals surface area contributed by atoms with Crippen LogP contribution in [0.1, 0.15) is 18.4 Å². The molecule has 0 amide bonds. The van der Waals surface area contributed by atoms with Gasteiger partial charge in [-0.25, -0.2) is 0 Å². The second-order valence-corrected chi connectivity index (χ2v) is 5.53. The normalized spacial score (nSPS) is 9.90. The fourth-order valence-electron chi connectivity index (χ4n) is 1.84. The van der Waals surface area contributed by atoms with Crippen LogP contribution in [-0.2, 0) is 6.54 Å². The van der Waals surface area contributed by atoms with Crippen LogP contribution in [-0.4, -0.2) is 6.61 Å². The second kappa shape index (κ2) is 8.33. The molecule has 0 aliphatic carbocycles. The van der Waals surface area contributed by atoms with Gasteiger partial charge in [-0.05, 0) is 36.2 Å². The molecule has 1 N–H and O–H groups in total. The van der Waals surface area contributed by atoms with Crippen molar-refractivity contribution in [2.45, 2.75) is 19.4 Å². The number of nitrogens with one attached hydrogen (secondary N) is 1. The third kappa shape index (κ3) is 5.49. The molecule has 0 atom stereocenters. The van der Waals surface area contributed by atoms with Crippen LogP contribution in [0.25, 0.3) is 0 Å². The van der Waals surface area contributed by atoms with Gasteiger partial charge in [-0.1, -0.05) is 34.1 Å². The third-order valence-corrected chi connectivity index (χ3v) is 3.47. The minimum Gasteiger partial charge on any atom is -0.493 e. The van der Waals surface area contributed by atoms with Crippen LogP contribution < -0.4 is 10.1 Å². The Balaban J connectivity index is 1.86. The average molecular weight is 345 g/mol. The van der Waals surface area contributed by atoms with Gasteiger partial charge in [0.15, 0.2) is 0 Å². The maximum Gasteiger partial charge on any atom is 0.121 e. The highest BCUT2D eigenvalue weighted by molar-refractivity contribution is 9.10. The highest BCUT2D eigenvalue weighted by Crippen LogP contribution is 2.19. The summed E-state index contributed by atoms with van der Waals surface area (Å²) in [6.45, 7) is 1.34. The molecule has 0 aromatic heterocycles. The van der Waals surface area contributed by atoms with Crippen molar-refractivity contribution in [1.82, 2.24) is 0 Å². The van der Waals surface area contributed by atoms with Crippen LogP contribution >= 0.6 is 15.9 Å². The molecule has 0 fully saturated rings. The Hall–Kier alpha value is -1.99. The smallest absolute Gasteiger partial charge is 0.121 e. The summed E-state index contributed by atoms with van der Waals surface area (Å²) in [5.41, 5.74) is 2.24. The van der Waals surface area contributed by atoms with E-state index in [-0.39, 0.29) is 0 Å². The molecule has 0 saturated carbocycles. The summed E-state index contributed by atoms with van der Waals surface area (Å²) in [5.74, 6) is 0.828. The van der Waals surface area contributed by atoms with E-state index in [0.29, 0.717) is 13.0 Å². The van der Waals surface area contributed by atoms with Crippen LogP contribution in [0.2, 0.25) is 0 Å². The standard InChI is InChI=1S/C17H17BrN2O/c18-15-8-6-14(7-9-15)13-20-16-4-3-5-17(12-16)21-11-2-1-10-19/h3-9,12,20H,1-2,11,13H2. The lowest BCUT2D eigenvalue weighted by atomic mass is 10.2. The Labute approximate surface area is 133 Å². The molecule has 0 saturated heterocycles. The number of rotatable bonds is 7. The quantitative estimate of drug-likeness (QED) is 0.737. The summed E-state index contributed by atoms with van der Waals surface area (Å²) < 4.78 is 6.70. The van der Waals surface area contributed by atoms with E-state index < -0.39 is 0 Å². The number of nitriles is 1. The molecule has 0 radical (unpaired) electrons. The lowest BCUT2D eigenvalue weighted by Crippen LogP contribution is -2.00. The molecule has 0 aliphatic heterocycles. The average Bonchev–Trinajstić information content (AvgIpc) is 2.52. The first-order chi connectivity index (χ1) is 10.3. The highest BCUT2D eigenvalue weighted by atomic mass is 79.9. The van der Waals surface area contributed by atoms with Gasteiger partial charge in [0.25, 0.3) is 0 Å². The van der Waals surface area contributed by atoms with Crippen molar-refractivity contribution in [3.05, 3.63) is 58.6 Å². The van der Waals surface area contributed by atoms with Gasteiger partial charge in [-0.15, -0.1) is 0 Å². The van der Waals surface area contributed by atoms with Gasteiger partial charge in [0, 0.05) is 29.2 Å². The van der Waals surface area contributed by atoms with Crippen LogP contribution in [0.15, 0.2) is 53.0 Å². The number of hydrogen-bond donors (Lipinski definition) is 1. The van der Waals surface area contributed by atoms with Gasteiger partial charge in [0.05, 0.1) is 12.7 Å². The minimum atomic E-state index is 0.529. The summed E-state index contributed by atoms with van der Waals surface area (Å²) in [5, 5.41) is 11.9. The minimum absolute atomic E-state index is 0.529. The van der Waals surface area contributed by atoms with E-state index in [2.05, 4.69) is 39.4 Å². The number of hydrogen-bond acceptors (Lipinski definition) is 3. The largest absolute Gasteiger partial charge is 0.493 e. The van der Waals surface area contributed by atoms with E-state index in [1.165, 1.54) is 5.56 Å². The molecule has 0 aliphatic rings. The van der Waals surface area contributed by atoms with E-state index in [4.69, 9.17) is 10.00 Å². The lowest BCUT2D eigenvalue weighted by Gasteiger charge is -2.09. The van der Waals surface area contributed by atoms with Crippen LogP contribution in [0, 0.1) is 11.3 Å². The fraction of sp³-hybridized carbons (Fsp3) is 0.235. The topological polar surface area (TPSA) is 45.0 Å². The maximum absolute atomic E-state index is 8.48. The van der Waals surface area contributed by atoms with Crippen molar-refractivity contribution in [3.8, 4) is 11.8 Å². The first kappa shape index (κ1) is 15.4. The molecule has 0 spiro atoms. The predicted octanol–water partition coefficient (Wildman–Crippen LogP) is 4.74. The Bertz CT molecular complexity index is 605. The van der Waals surface area contributed by atoms with Crippen molar-refractivity contribution < 1.29 is 4.74 Å². The first-order valence-corrected chi connectivity index (χ1v) is 7.65. The number of nitrogens with zero attached hydrogens (tertiary/aromatic N) is 1. The Morgan fingerprint density at radius 1 is 1.14 bits per heavy atom. The zero-order valence-corrected chi connectivity index (χ0v) is 13.3. The molecule has 2 aromatic carbocycles. The van der Waals surface area contributed by atoms with Gasteiger partial charge in [-0.2, -0.15) is 5.26 Å². The van der Waals surface area contributed by atoms with Crippen molar-refractivity contribution in [1.29, 1.82) is 5.26 Å². The van der Waals surface area contributed by atoms with E-state index in [0.717, 1.165) is 28.9 Å². The SMILES string of the molecule is N#CCCCOc1cccc(NCc2ccc(Br)cc2)c1. The number of unbranched alkanes of at least 4 members (excludes halogenated alkanes) is 1. The molecule has 21 heavy (non-hydrogen) atoms. The van der Waals surface area contributed by atoms with Crippen LogP contribution in [0.3, 0.4) is 0 Å². The van der Waals surface area contributed by atoms with Gasteiger partial charge in [0.2, 0.25) is 0 Å². The van der Waals surface area contributed by atoms with E-state index in [1.807, 2.05) is 36.4 Å². The zero-order valence-electron chi connectivity index (χ0n) is 11.7. The number of anilines is 1. The van der Waals surface area contributed by atoms with E-state index in [9.17, 15) is 0 Å². The maximum atomic E-state index is 8.48. The van der Waals surface area contributed by atoms with Gasteiger partial charge in [-0.3, -0.25) is 0 Å². The Morgan fingerprint density at radius 3 is 2.71 bits per heavy atom. The van der Waals surface area contributed by atoms with Gasteiger partial charge in [0.1, 0.15) is 5.75 Å². The number of halogens is 1.